The predicted molar refractivity (Wildman–Crippen MR) is 88.4 cm³/mol. The van der Waals surface area contributed by atoms with E-state index in [1.54, 1.807) is 35.3 Å². The highest BCUT2D eigenvalue weighted by atomic mass is 16.1. The van der Waals surface area contributed by atoms with Crippen molar-refractivity contribution < 1.29 is 4.79 Å². The number of nitrogens with one attached hydrogen (secondary N) is 1. The largest absolute Gasteiger partial charge is 0.346 e. The zero-order valence-electron chi connectivity index (χ0n) is 13.0. The van der Waals surface area contributed by atoms with Gasteiger partial charge in [-0.25, -0.2) is 9.67 Å². The molecule has 0 aliphatic carbocycles. The van der Waals surface area contributed by atoms with Crippen molar-refractivity contribution in [2.24, 2.45) is 0 Å². The Hall–Kier alpha value is -3.46. The minimum Gasteiger partial charge on any atom is -0.346 e. The molecular weight excluding hydrogens is 302 g/mol. The van der Waals surface area contributed by atoms with Crippen LogP contribution >= 0.6 is 0 Å². The first-order valence-corrected chi connectivity index (χ1v) is 7.43. The van der Waals surface area contributed by atoms with Crippen LogP contribution in [0.3, 0.4) is 0 Å². The van der Waals surface area contributed by atoms with Crippen molar-refractivity contribution in [1.82, 2.24) is 20.1 Å². The first-order valence-electron chi connectivity index (χ1n) is 7.43. The first-order chi connectivity index (χ1) is 11.7. The Kier molecular flexibility index (Phi) is 4.34. The number of carbonyl (C=O) groups excluding carboxylic acids is 1. The molecule has 0 saturated heterocycles. The summed E-state index contributed by atoms with van der Waals surface area (Å²) >= 11 is 0. The molecule has 24 heavy (non-hydrogen) atoms. The van der Waals surface area contributed by atoms with E-state index in [-0.39, 0.29) is 11.9 Å². The van der Waals surface area contributed by atoms with Crippen molar-refractivity contribution in [2.45, 2.75) is 13.0 Å². The summed E-state index contributed by atoms with van der Waals surface area (Å²) in [5.41, 5.74) is 2.95. The van der Waals surface area contributed by atoms with Crippen molar-refractivity contribution in [1.29, 1.82) is 5.26 Å². The van der Waals surface area contributed by atoms with Crippen molar-refractivity contribution in [3.05, 3.63) is 77.9 Å². The van der Waals surface area contributed by atoms with E-state index in [1.165, 1.54) is 6.33 Å². The molecule has 1 N–H and O–H groups in total. The molecule has 6 nitrogen and oxygen atoms in total. The third kappa shape index (κ3) is 3.31. The van der Waals surface area contributed by atoms with E-state index in [4.69, 9.17) is 5.26 Å². The molecule has 3 aromatic rings. The highest BCUT2D eigenvalue weighted by molar-refractivity contribution is 5.94. The molecule has 3 rings (SSSR count). The quantitative estimate of drug-likeness (QED) is 0.801. The molecule has 0 spiro atoms. The van der Waals surface area contributed by atoms with Crippen LogP contribution in [0.5, 0.6) is 0 Å². The van der Waals surface area contributed by atoms with Crippen LogP contribution < -0.4 is 5.32 Å². The van der Waals surface area contributed by atoms with Crippen LogP contribution in [-0.4, -0.2) is 20.7 Å². The van der Waals surface area contributed by atoms with E-state index in [0.29, 0.717) is 11.1 Å². The summed E-state index contributed by atoms with van der Waals surface area (Å²) in [6.07, 6.45) is 3.11. The summed E-state index contributed by atoms with van der Waals surface area (Å²) < 4.78 is 1.67. The SMILES string of the molecule is C[C@H](NC(=O)c1ccc(C#N)cc1)c1ccc(-n2cncn2)cc1. The molecule has 6 heteroatoms. The Morgan fingerprint density at radius 2 is 1.88 bits per heavy atom. The number of nitriles is 1. The number of hydrogen-bond donors (Lipinski definition) is 1. The third-order valence-corrected chi connectivity index (χ3v) is 3.70. The topological polar surface area (TPSA) is 83.6 Å². The van der Waals surface area contributed by atoms with E-state index < -0.39 is 0 Å². The van der Waals surface area contributed by atoms with Crippen molar-refractivity contribution in [3.63, 3.8) is 0 Å². The molecule has 1 atom stereocenters. The lowest BCUT2D eigenvalue weighted by Crippen LogP contribution is -2.26. The van der Waals surface area contributed by atoms with Gasteiger partial charge in [0.25, 0.3) is 5.91 Å². The maximum absolute atomic E-state index is 12.3. The number of amides is 1. The lowest BCUT2D eigenvalue weighted by atomic mass is 10.1. The van der Waals surface area contributed by atoms with Crippen molar-refractivity contribution in [2.75, 3.05) is 0 Å². The molecule has 0 bridgehead atoms. The monoisotopic (exact) mass is 317 g/mol. The minimum atomic E-state index is -0.174. The zero-order valence-corrected chi connectivity index (χ0v) is 13.0. The molecule has 0 aliphatic heterocycles. The molecule has 2 aromatic carbocycles. The smallest absolute Gasteiger partial charge is 0.251 e. The summed E-state index contributed by atoms with van der Waals surface area (Å²) in [4.78, 5) is 16.2. The fourth-order valence-electron chi connectivity index (χ4n) is 2.32. The molecular formula is C18H15N5O. The van der Waals surface area contributed by atoms with Crippen LogP contribution in [0, 0.1) is 11.3 Å². The molecule has 0 saturated carbocycles. The Bertz CT molecular complexity index is 861. The number of aromatic nitrogens is 3. The summed E-state index contributed by atoms with van der Waals surface area (Å²) in [6.45, 7) is 1.92. The highest BCUT2D eigenvalue weighted by Gasteiger charge is 2.11. The van der Waals surface area contributed by atoms with Crippen LogP contribution in [0.15, 0.2) is 61.2 Å². The Labute approximate surface area is 139 Å². The molecule has 118 valence electrons. The number of carbonyl (C=O) groups is 1. The molecule has 0 aliphatic rings. The van der Waals surface area contributed by atoms with Gasteiger partial charge in [0.05, 0.1) is 23.4 Å². The van der Waals surface area contributed by atoms with Crippen LogP contribution in [0.2, 0.25) is 0 Å². The summed E-state index contributed by atoms with van der Waals surface area (Å²) in [5.74, 6) is -0.174. The van der Waals surface area contributed by atoms with Crippen LogP contribution in [0.1, 0.15) is 34.5 Å². The molecule has 1 aromatic heterocycles. The number of rotatable bonds is 4. The second kappa shape index (κ2) is 6.75. The normalized spacial score (nSPS) is 11.5. The average Bonchev–Trinajstić information content (AvgIpc) is 3.16. The Balaban J connectivity index is 1.68. The second-order valence-corrected chi connectivity index (χ2v) is 5.32. The average molecular weight is 317 g/mol. The predicted octanol–water partition coefficient (Wildman–Crippen LogP) is 2.63. The van der Waals surface area contributed by atoms with E-state index in [0.717, 1.165) is 11.3 Å². The van der Waals surface area contributed by atoms with E-state index in [2.05, 4.69) is 15.4 Å². The van der Waals surface area contributed by atoms with Gasteiger partial charge >= 0.3 is 0 Å². The molecule has 1 heterocycles. The maximum atomic E-state index is 12.3. The fraction of sp³-hybridized carbons (Fsp3) is 0.111. The van der Waals surface area contributed by atoms with Gasteiger partial charge in [0.15, 0.2) is 0 Å². The highest BCUT2D eigenvalue weighted by Crippen LogP contribution is 2.16. The Morgan fingerprint density at radius 1 is 1.17 bits per heavy atom. The van der Waals surface area contributed by atoms with Gasteiger partial charge < -0.3 is 5.32 Å². The fourth-order valence-corrected chi connectivity index (χ4v) is 2.32. The number of hydrogen-bond acceptors (Lipinski definition) is 4. The number of nitrogens with zero attached hydrogens (tertiary/aromatic N) is 4. The lowest BCUT2D eigenvalue weighted by Gasteiger charge is -2.15. The van der Waals surface area contributed by atoms with Gasteiger partial charge in [0, 0.05) is 5.56 Å². The first kappa shape index (κ1) is 15.4. The van der Waals surface area contributed by atoms with Crippen molar-refractivity contribution >= 4 is 5.91 Å². The third-order valence-electron chi connectivity index (χ3n) is 3.70. The van der Waals surface area contributed by atoms with Gasteiger partial charge in [-0.1, -0.05) is 12.1 Å². The lowest BCUT2D eigenvalue weighted by molar-refractivity contribution is 0.0940. The zero-order chi connectivity index (χ0) is 16.9. The van der Waals surface area contributed by atoms with Crippen LogP contribution in [0.4, 0.5) is 0 Å². The maximum Gasteiger partial charge on any atom is 0.251 e. The molecule has 0 fully saturated rings. The molecule has 1 amide bonds. The van der Waals surface area contributed by atoms with Gasteiger partial charge in [-0.2, -0.15) is 10.4 Å². The standard InChI is InChI=1S/C18H15N5O/c1-13(22-18(24)16-4-2-14(10-19)3-5-16)15-6-8-17(9-7-15)23-12-20-11-21-23/h2-9,11-13H,1H3,(H,22,24)/t13-/m0/s1. The van der Waals surface area contributed by atoms with E-state index in [9.17, 15) is 4.79 Å². The molecule has 0 radical (unpaired) electrons. The second-order valence-electron chi connectivity index (χ2n) is 5.32. The Morgan fingerprint density at radius 3 is 2.46 bits per heavy atom. The van der Waals surface area contributed by atoms with Gasteiger partial charge in [-0.3, -0.25) is 4.79 Å². The summed E-state index contributed by atoms with van der Waals surface area (Å²) in [5, 5.41) is 15.8. The van der Waals surface area contributed by atoms with E-state index in [1.807, 2.05) is 37.3 Å². The molecule has 0 unspecified atom stereocenters. The van der Waals surface area contributed by atoms with Crippen LogP contribution in [-0.2, 0) is 0 Å². The minimum absolute atomic E-state index is 0.141. The van der Waals surface area contributed by atoms with Crippen molar-refractivity contribution in [3.8, 4) is 11.8 Å². The van der Waals surface area contributed by atoms with Gasteiger partial charge in [-0.05, 0) is 48.9 Å². The van der Waals surface area contributed by atoms with Gasteiger partial charge in [0.2, 0.25) is 0 Å². The van der Waals surface area contributed by atoms with Gasteiger partial charge in [-0.15, -0.1) is 0 Å². The number of benzene rings is 2. The summed E-state index contributed by atoms with van der Waals surface area (Å²) in [6, 6.07) is 16.2. The van der Waals surface area contributed by atoms with E-state index >= 15 is 0 Å². The summed E-state index contributed by atoms with van der Waals surface area (Å²) in [7, 11) is 0. The van der Waals surface area contributed by atoms with Crippen LogP contribution in [0.25, 0.3) is 5.69 Å². The van der Waals surface area contributed by atoms with Gasteiger partial charge in [0.1, 0.15) is 12.7 Å².